The molecule has 0 aliphatic heterocycles. The Morgan fingerprint density at radius 1 is 1.08 bits per heavy atom. The highest BCUT2D eigenvalue weighted by Gasteiger charge is 2.07. The van der Waals surface area contributed by atoms with Gasteiger partial charge in [-0.05, 0) is 29.0 Å². The van der Waals surface area contributed by atoms with Gasteiger partial charge in [0.2, 0.25) is 0 Å². The molecule has 1 N–H and O–H groups in total. The van der Waals surface area contributed by atoms with Gasteiger partial charge >= 0.3 is 0 Å². The predicted octanol–water partition coefficient (Wildman–Crippen LogP) is 5.31. The molecule has 0 saturated heterocycles. The monoisotopic (exact) mass is 337 g/mol. The highest BCUT2D eigenvalue weighted by Crippen LogP contribution is 2.27. The molecule has 0 bridgehead atoms. The van der Waals surface area contributed by atoms with E-state index in [0.29, 0.717) is 22.0 Å². The van der Waals surface area contributed by atoms with Crippen LogP contribution in [0.15, 0.2) is 72.9 Å². The van der Waals surface area contributed by atoms with Gasteiger partial charge in [-0.15, -0.1) is 0 Å². The molecule has 0 fully saturated rings. The molecule has 0 unspecified atom stereocenters. The summed E-state index contributed by atoms with van der Waals surface area (Å²) < 4.78 is 5.26. The minimum absolute atomic E-state index is 0.0692. The second-order valence-electron chi connectivity index (χ2n) is 5.21. The summed E-state index contributed by atoms with van der Waals surface area (Å²) in [6.45, 7) is 0. The van der Waals surface area contributed by atoms with Crippen molar-refractivity contribution < 1.29 is 9.53 Å². The number of methoxy groups -OCH3 is 1. The van der Waals surface area contributed by atoms with E-state index in [0.717, 1.165) is 10.8 Å². The Labute approximate surface area is 145 Å². The number of rotatable bonds is 5. The Kier molecular flexibility index (Phi) is 4.82. The van der Waals surface area contributed by atoms with Crippen molar-refractivity contribution in [2.45, 2.75) is 0 Å². The average Bonchev–Trinajstić information content (AvgIpc) is 2.61. The van der Waals surface area contributed by atoms with Crippen molar-refractivity contribution in [1.29, 1.82) is 0 Å². The van der Waals surface area contributed by atoms with Gasteiger partial charge in [0.05, 0.1) is 12.8 Å². The van der Waals surface area contributed by atoms with E-state index in [1.165, 1.54) is 6.08 Å². The van der Waals surface area contributed by atoms with Gasteiger partial charge in [0.25, 0.3) is 0 Å². The summed E-state index contributed by atoms with van der Waals surface area (Å²) >= 11 is 5.99. The number of benzene rings is 3. The van der Waals surface area contributed by atoms with Crippen LogP contribution in [0, 0.1) is 0 Å². The molecule has 0 aromatic heterocycles. The van der Waals surface area contributed by atoms with E-state index in [1.807, 2.05) is 42.5 Å². The average molecular weight is 338 g/mol. The normalized spacial score (nSPS) is 10.9. The molecule has 0 radical (unpaired) electrons. The topological polar surface area (TPSA) is 38.3 Å². The first-order valence-corrected chi connectivity index (χ1v) is 7.85. The fourth-order valence-electron chi connectivity index (χ4n) is 2.53. The first-order valence-electron chi connectivity index (χ1n) is 7.48. The summed E-state index contributed by atoms with van der Waals surface area (Å²) in [5, 5.41) is 5.62. The van der Waals surface area contributed by atoms with Crippen LogP contribution in [0.25, 0.3) is 10.8 Å². The molecule has 120 valence electrons. The lowest BCUT2D eigenvalue weighted by atomic mass is 10.0. The zero-order valence-electron chi connectivity index (χ0n) is 13.1. The molecule has 0 spiro atoms. The standard InChI is InChI=1S/C20H16ClNO2/c1-24-20-10-9-15(21)13-18(20)22-12-11-19(23)17-8-4-6-14-5-2-3-7-16(14)17/h2-13,22H,1H3/b12-11+. The summed E-state index contributed by atoms with van der Waals surface area (Å²) in [5.74, 6) is 0.585. The minimum Gasteiger partial charge on any atom is -0.495 e. The van der Waals surface area contributed by atoms with Crippen LogP contribution in [-0.4, -0.2) is 12.9 Å². The van der Waals surface area contributed by atoms with Gasteiger partial charge in [-0.3, -0.25) is 4.79 Å². The Balaban J connectivity index is 1.82. The number of ketones is 1. The van der Waals surface area contributed by atoms with Crippen LogP contribution in [-0.2, 0) is 0 Å². The Morgan fingerprint density at radius 3 is 2.71 bits per heavy atom. The fraction of sp³-hybridized carbons (Fsp3) is 0.0500. The molecule has 0 heterocycles. The maximum atomic E-state index is 12.5. The number of allylic oxidation sites excluding steroid dienone is 1. The summed E-state index contributed by atoms with van der Waals surface area (Å²) in [7, 11) is 1.58. The van der Waals surface area contributed by atoms with E-state index in [-0.39, 0.29) is 5.78 Å². The third kappa shape index (κ3) is 3.42. The number of carbonyl (C=O) groups excluding carboxylic acids is 1. The van der Waals surface area contributed by atoms with Crippen LogP contribution in [0.1, 0.15) is 10.4 Å². The van der Waals surface area contributed by atoms with Gasteiger partial charge in [-0.2, -0.15) is 0 Å². The molecule has 24 heavy (non-hydrogen) atoms. The number of halogens is 1. The van der Waals surface area contributed by atoms with Crippen LogP contribution in [0.5, 0.6) is 5.75 Å². The lowest BCUT2D eigenvalue weighted by molar-refractivity contribution is 0.104. The fourth-order valence-corrected chi connectivity index (χ4v) is 2.70. The van der Waals surface area contributed by atoms with Crippen molar-refractivity contribution in [3.63, 3.8) is 0 Å². The van der Waals surface area contributed by atoms with E-state index in [2.05, 4.69) is 5.32 Å². The molecule has 0 saturated carbocycles. The molecule has 3 rings (SSSR count). The molecule has 0 amide bonds. The van der Waals surface area contributed by atoms with Gasteiger partial charge in [0.1, 0.15) is 5.75 Å². The number of fused-ring (bicyclic) bond motifs is 1. The van der Waals surface area contributed by atoms with Gasteiger partial charge in [-0.25, -0.2) is 0 Å². The lowest BCUT2D eigenvalue weighted by Crippen LogP contribution is -1.98. The Hall–Kier alpha value is -2.78. The highest BCUT2D eigenvalue weighted by molar-refractivity contribution is 6.31. The number of nitrogens with one attached hydrogen (secondary N) is 1. The second kappa shape index (κ2) is 7.20. The zero-order valence-corrected chi connectivity index (χ0v) is 13.9. The van der Waals surface area contributed by atoms with Crippen LogP contribution >= 0.6 is 11.6 Å². The molecule has 4 heteroatoms. The number of hydrogen-bond donors (Lipinski definition) is 1. The molecule has 0 aliphatic rings. The summed E-state index contributed by atoms with van der Waals surface area (Å²) in [6.07, 6.45) is 3.10. The zero-order chi connectivity index (χ0) is 16.9. The summed E-state index contributed by atoms with van der Waals surface area (Å²) in [6, 6.07) is 18.8. The van der Waals surface area contributed by atoms with Crippen molar-refractivity contribution in [2.75, 3.05) is 12.4 Å². The van der Waals surface area contributed by atoms with Crippen molar-refractivity contribution in [2.24, 2.45) is 0 Å². The largest absolute Gasteiger partial charge is 0.495 e. The molecule has 3 aromatic carbocycles. The smallest absolute Gasteiger partial charge is 0.187 e. The van der Waals surface area contributed by atoms with E-state index >= 15 is 0 Å². The molecule has 0 aliphatic carbocycles. The summed E-state index contributed by atoms with van der Waals surface area (Å²) in [5.41, 5.74) is 1.37. The van der Waals surface area contributed by atoms with E-state index in [1.54, 1.807) is 31.5 Å². The minimum atomic E-state index is -0.0692. The predicted molar refractivity (Wildman–Crippen MR) is 99.0 cm³/mol. The van der Waals surface area contributed by atoms with Crippen LogP contribution in [0.2, 0.25) is 5.02 Å². The van der Waals surface area contributed by atoms with Gasteiger partial charge in [0.15, 0.2) is 5.78 Å². The van der Waals surface area contributed by atoms with Gasteiger partial charge < -0.3 is 10.1 Å². The van der Waals surface area contributed by atoms with Crippen molar-refractivity contribution in [3.05, 3.63) is 83.5 Å². The highest BCUT2D eigenvalue weighted by atomic mass is 35.5. The SMILES string of the molecule is COc1ccc(Cl)cc1N/C=C/C(=O)c1cccc2ccccc12. The van der Waals surface area contributed by atoms with E-state index in [4.69, 9.17) is 16.3 Å². The quantitative estimate of drug-likeness (QED) is 0.506. The maximum Gasteiger partial charge on any atom is 0.187 e. The number of ether oxygens (including phenoxy) is 1. The Bertz CT molecular complexity index is 913. The van der Waals surface area contributed by atoms with Crippen LogP contribution in [0.4, 0.5) is 5.69 Å². The summed E-state index contributed by atoms with van der Waals surface area (Å²) in [4.78, 5) is 12.5. The van der Waals surface area contributed by atoms with Crippen LogP contribution < -0.4 is 10.1 Å². The molecular formula is C20H16ClNO2. The molecule has 3 aromatic rings. The number of carbonyl (C=O) groups is 1. The third-order valence-corrected chi connectivity index (χ3v) is 3.93. The lowest BCUT2D eigenvalue weighted by Gasteiger charge is -2.08. The maximum absolute atomic E-state index is 12.5. The van der Waals surface area contributed by atoms with E-state index < -0.39 is 0 Å². The molecule has 0 atom stereocenters. The van der Waals surface area contributed by atoms with Gasteiger partial charge in [-0.1, -0.05) is 54.1 Å². The first-order chi connectivity index (χ1) is 11.7. The van der Waals surface area contributed by atoms with Crippen molar-refractivity contribution in [1.82, 2.24) is 0 Å². The number of hydrogen-bond acceptors (Lipinski definition) is 3. The molecular weight excluding hydrogens is 322 g/mol. The second-order valence-corrected chi connectivity index (χ2v) is 5.65. The van der Waals surface area contributed by atoms with Gasteiger partial charge in [0, 0.05) is 22.9 Å². The first kappa shape index (κ1) is 16.1. The van der Waals surface area contributed by atoms with E-state index in [9.17, 15) is 4.79 Å². The van der Waals surface area contributed by atoms with Crippen molar-refractivity contribution in [3.8, 4) is 5.75 Å². The molecule has 3 nitrogen and oxygen atoms in total. The number of anilines is 1. The van der Waals surface area contributed by atoms with Crippen LogP contribution in [0.3, 0.4) is 0 Å². The Morgan fingerprint density at radius 2 is 1.88 bits per heavy atom. The third-order valence-electron chi connectivity index (χ3n) is 3.69. The van der Waals surface area contributed by atoms with Crippen molar-refractivity contribution >= 4 is 33.8 Å².